The number of rotatable bonds is 20. The molecule has 0 saturated heterocycles. The van der Waals surface area contributed by atoms with Gasteiger partial charge in [0.2, 0.25) is 5.91 Å². The van der Waals surface area contributed by atoms with Crippen molar-refractivity contribution in [3.8, 4) is 11.5 Å². The molecule has 6 nitrogen and oxygen atoms in total. The minimum atomic E-state index is -0.435. The summed E-state index contributed by atoms with van der Waals surface area (Å²) in [5.74, 6) is 0.650. The first kappa shape index (κ1) is 31.1. The van der Waals surface area contributed by atoms with E-state index in [0.29, 0.717) is 30.1 Å². The van der Waals surface area contributed by atoms with Crippen LogP contribution in [0.1, 0.15) is 120 Å². The van der Waals surface area contributed by atoms with Crippen molar-refractivity contribution in [3.63, 3.8) is 0 Å². The number of amides is 1. The largest absolute Gasteiger partial charge is 0.494 e. The number of ether oxygens (including phenoxy) is 2. The number of benzene rings is 2. The van der Waals surface area contributed by atoms with Crippen molar-refractivity contribution in [3.05, 3.63) is 59.7 Å². The minimum Gasteiger partial charge on any atom is -0.494 e. The van der Waals surface area contributed by atoms with E-state index in [0.717, 1.165) is 18.4 Å². The highest BCUT2D eigenvalue weighted by atomic mass is 16.5. The molecule has 0 saturated carbocycles. The molecule has 2 rings (SSSR count). The maximum absolute atomic E-state index is 12.3. The third-order valence-electron chi connectivity index (χ3n) is 6.40. The van der Waals surface area contributed by atoms with Crippen LogP contribution >= 0.6 is 0 Å². The first-order valence-electron chi connectivity index (χ1n) is 14.5. The summed E-state index contributed by atoms with van der Waals surface area (Å²) in [6, 6.07) is 13.8. The van der Waals surface area contributed by atoms with Crippen LogP contribution in [0.25, 0.3) is 0 Å². The number of hydrazone groups is 1. The van der Waals surface area contributed by atoms with Gasteiger partial charge in [-0.15, -0.1) is 0 Å². The molecule has 1 N–H and O–H groups in total. The molecule has 0 atom stereocenters. The molecule has 0 bridgehead atoms. The number of nitrogens with zero attached hydrogens (tertiary/aromatic N) is 1. The first-order valence-corrected chi connectivity index (χ1v) is 14.5. The summed E-state index contributed by atoms with van der Waals surface area (Å²) in [5, 5.41) is 4.04. The quantitative estimate of drug-likeness (QED) is 0.0624. The summed E-state index contributed by atoms with van der Waals surface area (Å²) < 4.78 is 10.8. The number of unbranched alkanes of at least 4 members (excludes halogenated alkanes) is 12. The zero-order valence-corrected chi connectivity index (χ0v) is 23.4. The van der Waals surface area contributed by atoms with Gasteiger partial charge in [-0.05, 0) is 67.4 Å². The Balaban J connectivity index is 1.53. The standard InChI is InChI=1S/C32H46N2O4/c1-3-5-6-7-8-9-10-11-12-13-14-15-16-17-31(35)34-33-26-27-18-22-30(23-19-27)38-32(36)28-20-24-29(25-21-28)37-4-2/h18-26H,3-17H2,1-2H3,(H,34,35)/b33-26-. The first-order chi connectivity index (χ1) is 18.6. The number of nitrogens with one attached hydrogen (secondary N) is 1. The molecule has 0 heterocycles. The Hall–Kier alpha value is -3.15. The zero-order valence-electron chi connectivity index (χ0n) is 23.4. The number of hydrogen-bond acceptors (Lipinski definition) is 5. The van der Waals surface area contributed by atoms with E-state index in [4.69, 9.17) is 9.47 Å². The lowest BCUT2D eigenvalue weighted by Crippen LogP contribution is -2.16. The second-order valence-corrected chi connectivity index (χ2v) is 9.70. The molecule has 0 aliphatic carbocycles. The lowest BCUT2D eigenvalue weighted by atomic mass is 10.0. The predicted molar refractivity (Wildman–Crippen MR) is 155 cm³/mol. The van der Waals surface area contributed by atoms with Crippen molar-refractivity contribution in [2.45, 2.75) is 104 Å². The molecule has 0 aliphatic heterocycles. The SMILES string of the molecule is CCCCCCCCCCCCCCCC(=O)N/N=C\c1ccc(OC(=O)c2ccc(OCC)cc2)cc1. The van der Waals surface area contributed by atoms with Gasteiger partial charge in [0, 0.05) is 6.42 Å². The third kappa shape index (κ3) is 14.0. The molecule has 0 aromatic heterocycles. The van der Waals surface area contributed by atoms with Gasteiger partial charge >= 0.3 is 5.97 Å². The van der Waals surface area contributed by atoms with E-state index in [1.54, 1.807) is 54.7 Å². The number of hydrogen-bond donors (Lipinski definition) is 1. The van der Waals surface area contributed by atoms with Crippen molar-refractivity contribution < 1.29 is 19.1 Å². The molecule has 0 aliphatic rings. The van der Waals surface area contributed by atoms with Crippen LogP contribution in [-0.4, -0.2) is 24.7 Å². The maximum atomic E-state index is 12.3. The smallest absolute Gasteiger partial charge is 0.343 e. The molecule has 1 amide bonds. The zero-order chi connectivity index (χ0) is 27.3. The highest BCUT2D eigenvalue weighted by Gasteiger charge is 2.09. The second kappa shape index (κ2) is 19.9. The lowest BCUT2D eigenvalue weighted by molar-refractivity contribution is -0.121. The molecule has 2 aromatic carbocycles. The fourth-order valence-electron chi connectivity index (χ4n) is 4.18. The van der Waals surface area contributed by atoms with Crippen LogP contribution in [0.5, 0.6) is 11.5 Å². The van der Waals surface area contributed by atoms with Gasteiger partial charge in [-0.1, -0.05) is 84.0 Å². The molecule has 208 valence electrons. The van der Waals surface area contributed by atoms with Gasteiger partial charge in [-0.25, -0.2) is 10.2 Å². The molecule has 6 heteroatoms. The van der Waals surface area contributed by atoms with Gasteiger partial charge in [-0.2, -0.15) is 5.10 Å². The van der Waals surface area contributed by atoms with Crippen LogP contribution in [-0.2, 0) is 4.79 Å². The monoisotopic (exact) mass is 522 g/mol. The van der Waals surface area contributed by atoms with Crippen LogP contribution < -0.4 is 14.9 Å². The van der Waals surface area contributed by atoms with E-state index in [1.807, 2.05) is 6.92 Å². The van der Waals surface area contributed by atoms with Gasteiger partial charge in [0.15, 0.2) is 0 Å². The number of carbonyl (C=O) groups is 2. The normalized spacial score (nSPS) is 11.0. The van der Waals surface area contributed by atoms with Crippen molar-refractivity contribution in [1.29, 1.82) is 0 Å². The number of esters is 1. The molecule has 0 fully saturated rings. The molecule has 0 radical (unpaired) electrons. The lowest BCUT2D eigenvalue weighted by Gasteiger charge is -2.06. The highest BCUT2D eigenvalue weighted by Crippen LogP contribution is 2.17. The molecule has 2 aromatic rings. The Labute approximate surface area is 229 Å². The number of carbonyl (C=O) groups excluding carboxylic acids is 2. The van der Waals surface area contributed by atoms with Crippen LogP contribution in [0.2, 0.25) is 0 Å². The summed E-state index contributed by atoms with van der Waals surface area (Å²) in [6.45, 7) is 4.74. The summed E-state index contributed by atoms with van der Waals surface area (Å²) in [6.07, 6.45) is 18.8. The molecule has 0 spiro atoms. The predicted octanol–water partition coefficient (Wildman–Crippen LogP) is 8.24. The van der Waals surface area contributed by atoms with Crippen molar-refractivity contribution in [1.82, 2.24) is 5.43 Å². The fourth-order valence-corrected chi connectivity index (χ4v) is 4.18. The van der Waals surface area contributed by atoms with Gasteiger partial charge in [0.05, 0.1) is 18.4 Å². The fraction of sp³-hybridized carbons (Fsp3) is 0.531. The Morgan fingerprint density at radius 2 is 1.24 bits per heavy atom. The summed E-state index contributed by atoms with van der Waals surface area (Å²) >= 11 is 0. The summed E-state index contributed by atoms with van der Waals surface area (Å²) in [4.78, 5) is 24.3. The summed E-state index contributed by atoms with van der Waals surface area (Å²) in [7, 11) is 0. The molecular weight excluding hydrogens is 476 g/mol. The van der Waals surface area contributed by atoms with Crippen LogP contribution in [0.15, 0.2) is 53.6 Å². The van der Waals surface area contributed by atoms with Crippen molar-refractivity contribution in [2.75, 3.05) is 6.61 Å². The Morgan fingerprint density at radius 1 is 0.711 bits per heavy atom. The molecule has 0 unspecified atom stereocenters. The van der Waals surface area contributed by atoms with Crippen LogP contribution in [0.4, 0.5) is 0 Å². The van der Waals surface area contributed by atoms with E-state index >= 15 is 0 Å². The van der Waals surface area contributed by atoms with Crippen LogP contribution in [0.3, 0.4) is 0 Å². The third-order valence-corrected chi connectivity index (χ3v) is 6.40. The van der Waals surface area contributed by atoms with Gasteiger partial charge in [-0.3, -0.25) is 4.79 Å². The minimum absolute atomic E-state index is 0.0646. The highest BCUT2D eigenvalue weighted by molar-refractivity contribution is 5.91. The van der Waals surface area contributed by atoms with E-state index in [1.165, 1.54) is 70.6 Å². The van der Waals surface area contributed by atoms with Crippen molar-refractivity contribution in [2.24, 2.45) is 5.10 Å². The van der Waals surface area contributed by atoms with Gasteiger partial charge < -0.3 is 9.47 Å². The van der Waals surface area contributed by atoms with E-state index in [-0.39, 0.29) is 5.91 Å². The Bertz CT molecular complexity index is 939. The average molecular weight is 523 g/mol. The molecular formula is C32H46N2O4. The van der Waals surface area contributed by atoms with Gasteiger partial charge in [0.25, 0.3) is 0 Å². The Morgan fingerprint density at radius 3 is 1.79 bits per heavy atom. The molecule has 38 heavy (non-hydrogen) atoms. The average Bonchev–Trinajstić information content (AvgIpc) is 2.93. The maximum Gasteiger partial charge on any atom is 0.343 e. The van der Waals surface area contributed by atoms with Gasteiger partial charge in [0.1, 0.15) is 11.5 Å². The van der Waals surface area contributed by atoms with E-state index in [9.17, 15) is 9.59 Å². The van der Waals surface area contributed by atoms with Crippen molar-refractivity contribution >= 4 is 18.1 Å². The van der Waals surface area contributed by atoms with E-state index < -0.39 is 5.97 Å². The topological polar surface area (TPSA) is 77.0 Å². The second-order valence-electron chi connectivity index (χ2n) is 9.70. The van der Waals surface area contributed by atoms with Crippen LogP contribution in [0, 0.1) is 0 Å². The summed E-state index contributed by atoms with van der Waals surface area (Å²) in [5.41, 5.74) is 3.84. The van der Waals surface area contributed by atoms with E-state index in [2.05, 4.69) is 17.5 Å². The Kier molecular flexibility index (Phi) is 16.3.